The van der Waals surface area contributed by atoms with Crippen molar-refractivity contribution < 1.29 is 9.53 Å². The van der Waals surface area contributed by atoms with Gasteiger partial charge in [0.25, 0.3) is 0 Å². The normalized spacial score (nSPS) is 12.6. The molecule has 0 heterocycles. The van der Waals surface area contributed by atoms with E-state index in [1.807, 2.05) is 26.8 Å². The lowest BCUT2D eigenvalue weighted by molar-refractivity contribution is -0.154. The zero-order valence-electron chi connectivity index (χ0n) is 12.4. The van der Waals surface area contributed by atoms with E-state index in [4.69, 9.17) is 10.5 Å². The van der Waals surface area contributed by atoms with Gasteiger partial charge in [0.05, 0.1) is 0 Å². The maximum atomic E-state index is 12.0. The molecule has 0 unspecified atom stereocenters. The Morgan fingerprint density at radius 1 is 1.22 bits per heavy atom. The lowest BCUT2D eigenvalue weighted by Crippen LogP contribution is -2.41. The molecular formula is C15H29NO2. The highest BCUT2D eigenvalue weighted by atomic mass is 16.6. The van der Waals surface area contributed by atoms with Crippen molar-refractivity contribution in [2.24, 2.45) is 5.73 Å². The number of esters is 1. The van der Waals surface area contributed by atoms with Crippen molar-refractivity contribution in [3.8, 4) is 0 Å². The van der Waals surface area contributed by atoms with Crippen LogP contribution in [-0.2, 0) is 9.53 Å². The molecule has 106 valence electrons. The van der Waals surface area contributed by atoms with Crippen molar-refractivity contribution in [1.82, 2.24) is 0 Å². The van der Waals surface area contributed by atoms with Crippen LogP contribution in [0.4, 0.5) is 0 Å². The summed E-state index contributed by atoms with van der Waals surface area (Å²) in [6.07, 6.45) is 7.97. The largest absolute Gasteiger partial charge is 0.454 e. The van der Waals surface area contributed by atoms with E-state index >= 15 is 0 Å². The molecule has 0 aromatic heterocycles. The Morgan fingerprint density at radius 3 is 2.28 bits per heavy atom. The standard InChI is InChI=1S/C15H29NO2/c1-5-8-9-10-11-13(4)14(17)18-15(6-2,7-3)12-16/h11H,5-10,12,16H2,1-4H3. The van der Waals surface area contributed by atoms with E-state index in [-0.39, 0.29) is 5.97 Å². The molecule has 0 radical (unpaired) electrons. The van der Waals surface area contributed by atoms with Gasteiger partial charge in [0, 0.05) is 12.1 Å². The third-order valence-corrected chi connectivity index (χ3v) is 3.55. The Labute approximate surface area is 112 Å². The number of hydrogen-bond donors (Lipinski definition) is 1. The second-order valence-corrected chi connectivity index (χ2v) is 4.87. The minimum absolute atomic E-state index is 0.222. The second-order valence-electron chi connectivity index (χ2n) is 4.87. The predicted molar refractivity (Wildman–Crippen MR) is 76.4 cm³/mol. The molecule has 0 fully saturated rings. The van der Waals surface area contributed by atoms with Crippen LogP contribution < -0.4 is 5.73 Å². The molecule has 18 heavy (non-hydrogen) atoms. The first-order chi connectivity index (χ1) is 8.55. The highest BCUT2D eigenvalue weighted by Gasteiger charge is 2.29. The van der Waals surface area contributed by atoms with Gasteiger partial charge in [0.15, 0.2) is 0 Å². The Hall–Kier alpha value is -0.830. The summed E-state index contributed by atoms with van der Waals surface area (Å²) in [6.45, 7) is 8.38. The summed E-state index contributed by atoms with van der Waals surface area (Å²) < 4.78 is 5.57. The Balaban J connectivity index is 4.37. The summed E-state index contributed by atoms with van der Waals surface area (Å²) in [6, 6.07) is 0. The molecule has 2 N–H and O–H groups in total. The number of carbonyl (C=O) groups excluding carboxylic acids is 1. The first-order valence-corrected chi connectivity index (χ1v) is 7.15. The topological polar surface area (TPSA) is 52.3 Å². The molecule has 0 aliphatic rings. The van der Waals surface area contributed by atoms with Gasteiger partial charge in [-0.1, -0.05) is 39.7 Å². The van der Waals surface area contributed by atoms with E-state index < -0.39 is 5.60 Å². The van der Waals surface area contributed by atoms with E-state index in [9.17, 15) is 4.79 Å². The van der Waals surface area contributed by atoms with Crippen molar-refractivity contribution in [2.75, 3.05) is 6.54 Å². The van der Waals surface area contributed by atoms with Gasteiger partial charge in [-0.05, 0) is 32.6 Å². The molecule has 0 saturated carbocycles. The Kier molecular flexibility index (Phi) is 8.73. The number of hydrogen-bond acceptors (Lipinski definition) is 3. The van der Waals surface area contributed by atoms with Crippen LogP contribution in [0.2, 0.25) is 0 Å². The number of rotatable bonds is 9. The molecule has 0 aliphatic carbocycles. The lowest BCUT2D eigenvalue weighted by Gasteiger charge is -2.30. The summed E-state index contributed by atoms with van der Waals surface area (Å²) >= 11 is 0. The minimum Gasteiger partial charge on any atom is -0.454 e. The van der Waals surface area contributed by atoms with Gasteiger partial charge in [-0.2, -0.15) is 0 Å². The Morgan fingerprint density at radius 2 is 1.83 bits per heavy atom. The number of allylic oxidation sites excluding steroid dienone is 1. The first-order valence-electron chi connectivity index (χ1n) is 7.15. The zero-order chi connectivity index (χ0) is 14.0. The van der Waals surface area contributed by atoms with Crippen LogP contribution in [0.5, 0.6) is 0 Å². The van der Waals surface area contributed by atoms with E-state index in [1.54, 1.807) is 0 Å². The van der Waals surface area contributed by atoms with Crippen molar-refractivity contribution >= 4 is 5.97 Å². The monoisotopic (exact) mass is 255 g/mol. The van der Waals surface area contributed by atoms with Crippen LogP contribution in [0.1, 0.15) is 66.2 Å². The molecule has 0 saturated heterocycles. The van der Waals surface area contributed by atoms with Crippen molar-refractivity contribution in [1.29, 1.82) is 0 Å². The maximum absolute atomic E-state index is 12.0. The summed E-state index contributed by atoms with van der Waals surface area (Å²) in [5, 5.41) is 0. The van der Waals surface area contributed by atoms with Crippen LogP contribution in [-0.4, -0.2) is 18.1 Å². The third-order valence-electron chi connectivity index (χ3n) is 3.55. The highest BCUT2D eigenvalue weighted by Crippen LogP contribution is 2.20. The number of nitrogens with two attached hydrogens (primary N) is 1. The van der Waals surface area contributed by atoms with E-state index in [0.717, 1.165) is 25.7 Å². The van der Waals surface area contributed by atoms with Crippen molar-refractivity contribution in [2.45, 2.75) is 71.8 Å². The molecule has 0 aromatic carbocycles. The van der Waals surface area contributed by atoms with Gasteiger partial charge in [-0.25, -0.2) is 4.79 Å². The summed E-state index contributed by atoms with van der Waals surface area (Å²) in [5.74, 6) is -0.222. The van der Waals surface area contributed by atoms with Crippen LogP contribution in [0.15, 0.2) is 11.6 Å². The quantitative estimate of drug-likeness (QED) is 0.389. The van der Waals surface area contributed by atoms with Crippen LogP contribution in [0.3, 0.4) is 0 Å². The number of ether oxygens (including phenoxy) is 1. The minimum atomic E-state index is -0.490. The third kappa shape index (κ3) is 5.67. The predicted octanol–water partition coefficient (Wildman–Crippen LogP) is 3.57. The van der Waals surface area contributed by atoms with E-state index in [0.29, 0.717) is 12.1 Å². The van der Waals surface area contributed by atoms with Gasteiger partial charge in [-0.15, -0.1) is 0 Å². The number of unbranched alkanes of at least 4 members (excludes halogenated alkanes) is 3. The average molecular weight is 255 g/mol. The molecular weight excluding hydrogens is 226 g/mol. The van der Waals surface area contributed by atoms with Gasteiger partial charge in [0.2, 0.25) is 0 Å². The molecule has 0 atom stereocenters. The molecule has 0 aromatic rings. The molecule has 0 amide bonds. The molecule has 0 bridgehead atoms. The van der Waals surface area contributed by atoms with Gasteiger partial charge in [0.1, 0.15) is 5.60 Å². The van der Waals surface area contributed by atoms with Crippen molar-refractivity contribution in [3.05, 3.63) is 11.6 Å². The SMILES string of the molecule is CCCCCC=C(C)C(=O)OC(CC)(CC)CN. The summed E-state index contributed by atoms with van der Waals surface area (Å²) in [7, 11) is 0. The fourth-order valence-electron chi connectivity index (χ4n) is 1.80. The van der Waals surface area contributed by atoms with E-state index in [1.165, 1.54) is 12.8 Å². The number of carbonyl (C=O) groups is 1. The van der Waals surface area contributed by atoms with Crippen LogP contribution >= 0.6 is 0 Å². The van der Waals surface area contributed by atoms with Crippen LogP contribution in [0, 0.1) is 0 Å². The van der Waals surface area contributed by atoms with Gasteiger partial charge in [-0.3, -0.25) is 0 Å². The maximum Gasteiger partial charge on any atom is 0.333 e. The highest BCUT2D eigenvalue weighted by molar-refractivity contribution is 5.88. The molecule has 0 aliphatic heterocycles. The average Bonchev–Trinajstić information content (AvgIpc) is 2.40. The zero-order valence-corrected chi connectivity index (χ0v) is 12.4. The van der Waals surface area contributed by atoms with E-state index in [2.05, 4.69) is 6.92 Å². The smallest absolute Gasteiger partial charge is 0.333 e. The summed E-state index contributed by atoms with van der Waals surface area (Å²) in [5.41, 5.74) is 5.93. The van der Waals surface area contributed by atoms with Crippen molar-refractivity contribution in [3.63, 3.8) is 0 Å². The Bertz CT molecular complexity index is 259. The molecule has 3 heteroatoms. The van der Waals surface area contributed by atoms with Crippen LogP contribution in [0.25, 0.3) is 0 Å². The summed E-state index contributed by atoms with van der Waals surface area (Å²) in [4.78, 5) is 12.0. The molecule has 0 rings (SSSR count). The molecule has 3 nitrogen and oxygen atoms in total. The fraction of sp³-hybridized carbons (Fsp3) is 0.800. The first kappa shape index (κ1) is 17.2. The molecule has 0 spiro atoms. The van der Waals surface area contributed by atoms with Gasteiger partial charge < -0.3 is 10.5 Å². The lowest BCUT2D eigenvalue weighted by atomic mass is 9.97. The van der Waals surface area contributed by atoms with Gasteiger partial charge >= 0.3 is 5.97 Å². The fourth-order valence-corrected chi connectivity index (χ4v) is 1.80. The second kappa shape index (κ2) is 9.15.